The Hall–Kier alpha value is -2.49. The Labute approximate surface area is 148 Å². The molecular weight excluding hydrogens is 316 g/mol. The van der Waals surface area contributed by atoms with Crippen LogP contribution in [-0.2, 0) is 24.1 Å². The number of aromatic hydroxyl groups is 1. The third kappa shape index (κ3) is 3.48. The van der Waals surface area contributed by atoms with E-state index in [0.29, 0.717) is 5.75 Å². The maximum atomic E-state index is 11.1. The Balaban J connectivity index is 2.00. The number of carboxylic acids is 1. The number of carboxylic acid groups (broad SMARTS) is 1. The van der Waals surface area contributed by atoms with Gasteiger partial charge < -0.3 is 14.9 Å². The third-order valence-corrected chi connectivity index (χ3v) is 4.81. The average molecular weight is 340 g/mol. The van der Waals surface area contributed by atoms with Crippen molar-refractivity contribution in [3.05, 3.63) is 52.1 Å². The van der Waals surface area contributed by atoms with Gasteiger partial charge >= 0.3 is 5.97 Å². The fraction of sp³-hybridized carbons (Fsp3) is 0.381. The molecule has 0 saturated carbocycles. The summed E-state index contributed by atoms with van der Waals surface area (Å²) >= 11 is 0. The van der Waals surface area contributed by atoms with Crippen LogP contribution < -0.4 is 4.74 Å². The maximum Gasteiger partial charge on any atom is 0.307 e. The molecule has 3 rings (SSSR count). The summed E-state index contributed by atoms with van der Waals surface area (Å²) in [5.41, 5.74) is 4.98. The fourth-order valence-corrected chi connectivity index (χ4v) is 3.64. The van der Waals surface area contributed by atoms with Crippen LogP contribution in [0.2, 0.25) is 0 Å². The Morgan fingerprint density at radius 1 is 1.20 bits per heavy atom. The van der Waals surface area contributed by atoms with Crippen LogP contribution in [0.4, 0.5) is 0 Å². The average Bonchev–Trinajstić information content (AvgIpc) is 3.01. The lowest BCUT2D eigenvalue weighted by molar-refractivity contribution is -0.136. The molecule has 2 aromatic carbocycles. The van der Waals surface area contributed by atoms with Crippen LogP contribution in [0.3, 0.4) is 0 Å². The predicted molar refractivity (Wildman–Crippen MR) is 96.8 cm³/mol. The van der Waals surface area contributed by atoms with E-state index < -0.39 is 5.97 Å². The first kappa shape index (κ1) is 17.3. The second kappa shape index (κ2) is 6.79. The summed E-state index contributed by atoms with van der Waals surface area (Å²) < 4.78 is 6.20. The molecule has 2 aromatic rings. The van der Waals surface area contributed by atoms with Gasteiger partial charge in [-0.1, -0.05) is 19.9 Å². The first-order valence-corrected chi connectivity index (χ1v) is 8.73. The maximum absolute atomic E-state index is 11.1. The summed E-state index contributed by atoms with van der Waals surface area (Å²) in [5.74, 6) is 1.21. The number of hydrogen-bond acceptors (Lipinski definition) is 3. The van der Waals surface area contributed by atoms with Crippen LogP contribution in [0.25, 0.3) is 0 Å². The highest BCUT2D eigenvalue weighted by molar-refractivity contribution is 5.72. The number of benzene rings is 2. The molecule has 25 heavy (non-hydrogen) atoms. The zero-order chi connectivity index (χ0) is 18.1. The van der Waals surface area contributed by atoms with Crippen LogP contribution in [0.5, 0.6) is 17.2 Å². The quantitative estimate of drug-likeness (QED) is 0.825. The van der Waals surface area contributed by atoms with E-state index in [4.69, 9.17) is 9.84 Å². The third-order valence-electron chi connectivity index (χ3n) is 4.81. The predicted octanol–water partition coefficient (Wildman–Crippen LogP) is 4.73. The van der Waals surface area contributed by atoms with Gasteiger partial charge in [0.15, 0.2) is 0 Å². The lowest BCUT2D eigenvalue weighted by atomic mass is 9.96. The van der Waals surface area contributed by atoms with Crippen molar-refractivity contribution >= 4 is 5.97 Å². The molecule has 0 radical (unpaired) electrons. The van der Waals surface area contributed by atoms with Gasteiger partial charge in [0.1, 0.15) is 17.2 Å². The minimum Gasteiger partial charge on any atom is -0.508 e. The van der Waals surface area contributed by atoms with Crippen molar-refractivity contribution in [2.45, 2.75) is 52.4 Å². The minimum atomic E-state index is -0.803. The Morgan fingerprint density at radius 3 is 2.60 bits per heavy atom. The number of phenols is 1. The highest BCUT2D eigenvalue weighted by Crippen LogP contribution is 2.40. The molecule has 1 aliphatic carbocycles. The van der Waals surface area contributed by atoms with Crippen molar-refractivity contribution in [1.29, 1.82) is 0 Å². The molecule has 0 spiro atoms. The van der Waals surface area contributed by atoms with Gasteiger partial charge in [0.25, 0.3) is 0 Å². The zero-order valence-electron chi connectivity index (χ0n) is 14.9. The number of fused-ring (bicyclic) bond motifs is 1. The molecular formula is C21H24O4. The summed E-state index contributed by atoms with van der Waals surface area (Å²) in [6, 6.07) is 7.26. The molecule has 0 fully saturated rings. The summed E-state index contributed by atoms with van der Waals surface area (Å²) in [5, 5.41) is 19.1. The van der Waals surface area contributed by atoms with Crippen molar-refractivity contribution in [2.75, 3.05) is 0 Å². The van der Waals surface area contributed by atoms with Crippen LogP contribution >= 0.6 is 0 Å². The summed E-state index contributed by atoms with van der Waals surface area (Å²) in [6.45, 7) is 6.02. The molecule has 1 aliphatic rings. The molecule has 0 atom stereocenters. The lowest BCUT2D eigenvalue weighted by Crippen LogP contribution is -2.05. The number of aryl methyl sites for hydroxylation is 1. The number of rotatable bonds is 5. The second-order valence-electron chi connectivity index (χ2n) is 7.04. The van der Waals surface area contributed by atoms with Gasteiger partial charge in [0.05, 0.1) is 6.42 Å². The molecule has 0 bridgehead atoms. The van der Waals surface area contributed by atoms with E-state index in [1.54, 1.807) is 12.1 Å². The van der Waals surface area contributed by atoms with Gasteiger partial charge in [0.2, 0.25) is 0 Å². The Morgan fingerprint density at radius 2 is 1.92 bits per heavy atom. The van der Waals surface area contributed by atoms with E-state index in [-0.39, 0.29) is 18.1 Å². The summed E-state index contributed by atoms with van der Waals surface area (Å²) in [7, 11) is 0. The van der Waals surface area contributed by atoms with Crippen LogP contribution in [0, 0.1) is 6.92 Å². The standard InChI is InChI=1S/C21H24O4/c1-12(2)18-11-15(7-8-19(18)22)25-21-13(3)9-14(10-20(23)24)16-5-4-6-17(16)21/h7-9,11-12,22H,4-6,10H2,1-3H3,(H,23,24). The van der Waals surface area contributed by atoms with E-state index in [9.17, 15) is 9.90 Å². The van der Waals surface area contributed by atoms with Crippen LogP contribution in [0.1, 0.15) is 54.0 Å². The molecule has 0 amide bonds. The largest absolute Gasteiger partial charge is 0.508 e. The molecule has 0 unspecified atom stereocenters. The molecule has 4 heteroatoms. The van der Waals surface area contributed by atoms with Crippen LogP contribution in [0.15, 0.2) is 24.3 Å². The minimum absolute atomic E-state index is 0.0557. The van der Waals surface area contributed by atoms with Gasteiger partial charge in [-0.05, 0) is 72.6 Å². The number of ether oxygens (including phenoxy) is 1. The Kier molecular flexibility index (Phi) is 4.71. The second-order valence-corrected chi connectivity index (χ2v) is 7.04. The highest BCUT2D eigenvalue weighted by atomic mass is 16.5. The Bertz CT molecular complexity index is 821. The summed E-state index contributed by atoms with van der Waals surface area (Å²) in [6.07, 6.45) is 2.89. The number of phenolic OH excluding ortho intramolecular Hbond substituents is 1. The fourth-order valence-electron chi connectivity index (χ4n) is 3.64. The van der Waals surface area contributed by atoms with Crippen molar-refractivity contribution in [2.24, 2.45) is 0 Å². The van der Waals surface area contributed by atoms with E-state index in [0.717, 1.165) is 52.8 Å². The van der Waals surface area contributed by atoms with E-state index >= 15 is 0 Å². The molecule has 132 valence electrons. The molecule has 0 saturated heterocycles. The van der Waals surface area contributed by atoms with E-state index in [1.807, 2.05) is 32.9 Å². The molecule has 0 aliphatic heterocycles. The normalized spacial score (nSPS) is 13.1. The number of hydrogen-bond donors (Lipinski definition) is 2. The topological polar surface area (TPSA) is 66.8 Å². The smallest absolute Gasteiger partial charge is 0.307 e. The van der Waals surface area contributed by atoms with Crippen molar-refractivity contribution in [3.8, 4) is 17.2 Å². The molecule has 0 heterocycles. The molecule has 4 nitrogen and oxygen atoms in total. The van der Waals surface area contributed by atoms with Crippen molar-refractivity contribution in [1.82, 2.24) is 0 Å². The van der Waals surface area contributed by atoms with E-state index in [2.05, 4.69) is 0 Å². The van der Waals surface area contributed by atoms with Gasteiger partial charge in [-0.15, -0.1) is 0 Å². The van der Waals surface area contributed by atoms with Gasteiger partial charge in [-0.2, -0.15) is 0 Å². The summed E-state index contributed by atoms with van der Waals surface area (Å²) in [4.78, 5) is 11.1. The number of carbonyl (C=O) groups is 1. The first-order valence-electron chi connectivity index (χ1n) is 8.73. The van der Waals surface area contributed by atoms with Crippen molar-refractivity contribution < 1.29 is 19.7 Å². The van der Waals surface area contributed by atoms with Crippen LogP contribution in [-0.4, -0.2) is 16.2 Å². The molecule has 0 aromatic heterocycles. The lowest BCUT2D eigenvalue weighted by Gasteiger charge is -2.18. The first-order chi connectivity index (χ1) is 11.9. The highest BCUT2D eigenvalue weighted by Gasteiger charge is 2.23. The SMILES string of the molecule is Cc1cc(CC(=O)O)c2c(c1Oc1ccc(O)c(C(C)C)c1)CCC2. The van der Waals surface area contributed by atoms with Gasteiger partial charge in [0, 0.05) is 5.56 Å². The monoisotopic (exact) mass is 340 g/mol. The zero-order valence-corrected chi connectivity index (χ0v) is 14.9. The van der Waals surface area contributed by atoms with E-state index in [1.165, 1.54) is 0 Å². The van der Waals surface area contributed by atoms with Crippen molar-refractivity contribution in [3.63, 3.8) is 0 Å². The molecule has 2 N–H and O–H groups in total. The van der Waals surface area contributed by atoms with Gasteiger partial charge in [-0.3, -0.25) is 4.79 Å². The number of aliphatic carboxylic acids is 1. The van der Waals surface area contributed by atoms with Gasteiger partial charge in [-0.25, -0.2) is 0 Å².